The minimum absolute atomic E-state index is 0.0107. The number of H-pyrrole nitrogens is 1. The van der Waals surface area contributed by atoms with Crippen LogP contribution in [-0.4, -0.2) is 107 Å². The number of nitrogens with zero attached hydrogens (tertiary/aromatic N) is 4. The number of halogens is 1. The van der Waals surface area contributed by atoms with Crippen molar-refractivity contribution in [3.63, 3.8) is 0 Å². The highest BCUT2D eigenvalue weighted by Gasteiger charge is 2.58. The van der Waals surface area contributed by atoms with E-state index in [4.69, 9.17) is 35.8 Å². The Kier molecular flexibility index (Phi) is 10.5. The fraction of sp³-hybridized carbons (Fsp3) is 0.489. The fourth-order valence-electron chi connectivity index (χ4n) is 10.6. The molecule has 10 rings (SSSR count). The minimum Gasteiger partial charge on any atom is -0.453 e. The standard InChI is InChI=1S/C47H52ClN7O7/c1-23(2)39(51-46(58)60-3)44(56)55-36-20-32(36)22-38(55)43-50-40(42(48)53-43)29-8-7-26-15-25(5-6-27(26)16-29)28-9-10-33-30(17-28)18-34(49-33)37-21-31-19-35(31)54(37)45(57)41(52-47(59)61-4)24-11-13-62-14-12-24/h5-10,15-17,23-24,31-32,35-39,41H,11-14,18-22H2,1-4H3,(H,50,53)(H,51,58)(H,52,59)/t31-,32-,35-,36-,37+,38+,39+,41+/m1/s1. The van der Waals surface area contributed by atoms with Gasteiger partial charge in [0.1, 0.15) is 28.8 Å². The number of aliphatic imine (C=N–C) groups is 1. The van der Waals surface area contributed by atoms with Crippen molar-refractivity contribution in [2.75, 3.05) is 27.4 Å². The van der Waals surface area contributed by atoms with Gasteiger partial charge < -0.3 is 39.6 Å². The lowest BCUT2D eigenvalue weighted by Crippen LogP contribution is -2.56. The number of carbonyl (C=O) groups excluding carboxylic acids is 4. The largest absolute Gasteiger partial charge is 0.453 e. The quantitative estimate of drug-likeness (QED) is 0.149. The van der Waals surface area contributed by atoms with Crippen molar-refractivity contribution in [3.05, 3.63) is 71.1 Å². The summed E-state index contributed by atoms with van der Waals surface area (Å²) in [5.41, 5.74) is 6.74. The van der Waals surface area contributed by atoms with Gasteiger partial charge in [-0.2, -0.15) is 0 Å². The van der Waals surface area contributed by atoms with Crippen molar-refractivity contribution in [1.29, 1.82) is 0 Å². The van der Waals surface area contributed by atoms with Crippen molar-refractivity contribution in [1.82, 2.24) is 30.4 Å². The summed E-state index contributed by atoms with van der Waals surface area (Å²) in [6.07, 6.45) is 4.48. The van der Waals surface area contributed by atoms with Crippen molar-refractivity contribution >= 4 is 57.8 Å². The van der Waals surface area contributed by atoms with Gasteiger partial charge in [-0.3, -0.25) is 14.6 Å². The first-order valence-electron chi connectivity index (χ1n) is 21.9. The molecule has 2 aliphatic carbocycles. The average molecular weight is 862 g/mol. The normalized spacial score (nSPS) is 25.7. The van der Waals surface area contributed by atoms with Crippen LogP contribution in [0.5, 0.6) is 0 Å². The number of alkyl carbamates (subject to hydrolysis) is 2. The first kappa shape index (κ1) is 40.6. The number of hydrogen-bond acceptors (Lipinski definition) is 9. The summed E-state index contributed by atoms with van der Waals surface area (Å²) in [5.74, 6) is 1.18. The molecule has 0 radical (unpaired) electrons. The molecule has 3 aromatic carbocycles. The third-order valence-electron chi connectivity index (χ3n) is 14.1. The number of hydrogen-bond donors (Lipinski definition) is 3. The molecule has 0 unspecified atom stereocenters. The van der Waals surface area contributed by atoms with Crippen molar-refractivity contribution in [3.8, 4) is 22.4 Å². The van der Waals surface area contributed by atoms with Crippen LogP contribution in [0.15, 0.2) is 59.6 Å². The molecule has 324 valence electrons. The lowest BCUT2D eigenvalue weighted by Gasteiger charge is -2.36. The molecule has 4 amide bonds. The molecule has 5 fully saturated rings. The third-order valence-corrected chi connectivity index (χ3v) is 14.4. The second-order valence-corrected chi connectivity index (χ2v) is 18.6. The van der Waals surface area contributed by atoms with Gasteiger partial charge in [0.15, 0.2) is 0 Å². The Morgan fingerprint density at radius 3 is 2.10 bits per heavy atom. The highest BCUT2D eigenvalue weighted by atomic mass is 35.5. The van der Waals surface area contributed by atoms with Crippen LogP contribution >= 0.6 is 11.6 Å². The Morgan fingerprint density at radius 1 is 0.790 bits per heavy atom. The van der Waals surface area contributed by atoms with Gasteiger partial charge in [-0.1, -0.05) is 55.8 Å². The van der Waals surface area contributed by atoms with E-state index in [1.54, 1.807) is 0 Å². The summed E-state index contributed by atoms with van der Waals surface area (Å²) in [5, 5.41) is 8.13. The van der Waals surface area contributed by atoms with Gasteiger partial charge in [-0.15, -0.1) is 0 Å². The number of carbonyl (C=O) groups is 4. The number of nitrogens with one attached hydrogen (secondary N) is 3. The molecule has 0 spiro atoms. The van der Waals surface area contributed by atoms with Crippen LogP contribution in [0.25, 0.3) is 33.2 Å². The van der Waals surface area contributed by atoms with E-state index in [-0.39, 0.29) is 47.8 Å². The number of piperidine rings is 2. The van der Waals surface area contributed by atoms with Crippen LogP contribution < -0.4 is 10.6 Å². The van der Waals surface area contributed by atoms with Crippen LogP contribution in [0, 0.1) is 23.7 Å². The van der Waals surface area contributed by atoms with Gasteiger partial charge in [0.25, 0.3) is 0 Å². The molecule has 62 heavy (non-hydrogen) atoms. The van der Waals surface area contributed by atoms with Crippen molar-refractivity contribution < 1.29 is 33.4 Å². The lowest BCUT2D eigenvalue weighted by molar-refractivity contribution is -0.137. The summed E-state index contributed by atoms with van der Waals surface area (Å²) < 4.78 is 15.3. The van der Waals surface area contributed by atoms with E-state index in [1.165, 1.54) is 14.2 Å². The summed E-state index contributed by atoms with van der Waals surface area (Å²) in [4.78, 5) is 70.1. The number of amides is 4. The SMILES string of the molecule is COC(=O)N[C@H](C(=O)N1[C@@H]2C[C@@H]2C[C@H]1c1nc(-c2ccc3cc(-c4ccc5c(c4)CC([C@@H]4C[C@H]6C[C@H]6N4C(=O)[C@@H](NC(=O)OC)C4CCOCC4)=N5)ccc3c2)c(Cl)[nH]1)C(C)C. The number of benzene rings is 3. The summed E-state index contributed by atoms with van der Waals surface area (Å²) in [6.45, 7) is 4.96. The molecule has 1 aromatic heterocycles. The number of aromatic nitrogens is 2. The molecular formula is C47H52ClN7O7. The van der Waals surface area contributed by atoms with E-state index < -0.39 is 24.3 Å². The Balaban J connectivity index is 0.844. The van der Waals surface area contributed by atoms with Gasteiger partial charge in [0, 0.05) is 43.0 Å². The molecule has 4 aromatic rings. The van der Waals surface area contributed by atoms with Crippen LogP contribution in [0.3, 0.4) is 0 Å². The molecular weight excluding hydrogens is 810 g/mol. The molecule has 14 nitrogen and oxygen atoms in total. The topological polar surface area (TPSA) is 168 Å². The maximum Gasteiger partial charge on any atom is 0.407 e. The molecule has 8 atom stereocenters. The molecule has 5 heterocycles. The Morgan fingerprint density at radius 2 is 1.40 bits per heavy atom. The van der Waals surface area contributed by atoms with E-state index in [9.17, 15) is 19.2 Å². The average Bonchev–Trinajstić information content (AvgIpc) is 3.97. The van der Waals surface area contributed by atoms with Gasteiger partial charge in [0.05, 0.1) is 32.0 Å². The number of rotatable bonds is 10. The van der Waals surface area contributed by atoms with Gasteiger partial charge in [-0.25, -0.2) is 14.6 Å². The minimum atomic E-state index is -0.715. The van der Waals surface area contributed by atoms with Crippen LogP contribution in [0.4, 0.5) is 15.3 Å². The zero-order valence-corrected chi connectivity index (χ0v) is 36.1. The molecule has 3 N–H and O–H groups in total. The van der Waals surface area contributed by atoms with Crippen LogP contribution in [0.1, 0.15) is 69.8 Å². The smallest absolute Gasteiger partial charge is 0.407 e. The third kappa shape index (κ3) is 7.38. The van der Waals surface area contributed by atoms with E-state index in [0.29, 0.717) is 61.0 Å². The molecule has 6 aliphatic rings. The number of methoxy groups -OCH3 is 2. The summed E-state index contributed by atoms with van der Waals surface area (Å²) in [6, 6.07) is 17.6. The Labute approximate surface area is 365 Å². The lowest BCUT2D eigenvalue weighted by atomic mass is 9.90. The molecule has 4 aliphatic heterocycles. The maximum absolute atomic E-state index is 14.3. The fourth-order valence-corrected chi connectivity index (χ4v) is 10.9. The van der Waals surface area contributed by atoms with Crippen LogP contribution in [0.2, 0.25) is 5.15 Å². The zero-order valence-electron chi connectivity index (χ0n) is 35.4. The Bertz CT molecular complexity index is 2500. The van der Waals surface area contributed by atoms with Gasteiger partial charge in [0.2, 0.25) is 11.8 Å². The molecule has 2 saturated carbocycles. The molecule has 0 bridgehead atoms. The first-order chi connectivity index (χ1) is 30.0. The summed E-state index contributed by atoms with van der Waals surface area (Å²) in [7, 11) is 2.62. The number of fused-ring (bicyclic) bond motifs is 4. The highest BCUT2D eigenvalue weighted by molar-refractivity contribution is 6.32. The summed E-state index contributed by atoms with van der Waals surface area (Å²) >= 11 is 6.84. The number of aromatic amines is 1. The van der Waals surface area contributed by atoms with E-state index in [1.807, 2.05) is 29.7 Å². The van der Waals surface area contributed by atoms with Crippen molar-refractivity contribution in [2.45, 2.75) is 95.0 Å². The predicted octanol–water partition coefficient (Wildman–Crippen LogP) is 7.36. The second-order valence-electron chi connectivity index (χ2n) is 18.2. The number of likely N-dealkylation sites (tertiary alicyclic amines) is 2. The van der Waals surface area contributed by atoms with E-state index in [0.717, 1.165) is 70.1 Å². The number of ether oxygens (including phenoxy) is 3. The predicted molar refractivity (Wildman–Crippen MR) is 233 cm³/mol. The van der Waals surface area contributed by atoms with Crippen LogP contribution in [-0.2, 0) is 30.2 Å². The Hall–Kier alpha value is -5.47. The van der Waals surface area contributed by atoms with Gasteiger partial charge >= 0.3 is 12.2 Å². The molecule has 3 saturated heterocycles. The molecule has 15 heteroatoms. The maximum atomic E-state index is 14.3. The number of imidazole rings is 1. The second kappa shape index (κ2) is 16.0. The van der Waals surface area contributed by atoms with Gasteiger partial charge in [-0.05, 0) is 114 Å². The highest BCUT2D eigenvalue weighted by Crippen LogP contribution is 2.54. The van der Waals surface area contributed by atoms with E-state index in [2.05, 4.69) is 64.1 Å². The first-order valence-corrected chi connectivity index (χ1v) is 22.3. The zero-order chi connectivity index (χ0) is 43.0. The van der Waals surface area contributed by atoms with E-state index >= 15 is 0 Å². The van der Waals surface area contributed by atoms with Crippen molar-refractivity contribution in [2.24, 2.45) is 28.7 Å². The monoisotopic (exact) mass is 861 g/mol.